The normalized spacial score (nSPS) is 13.1. The highest BCUT2D eigenvalue weighted by atomic mass is 32.2. The van der Waals surface area contributed by atoms with Crippen LogP contribution < -0.4 is 10.5 Å². The van der Waals surface area contributed by atoms with Crippen molar-refractivity contribution in [2.24, 2.45) is 5.73 Å². The highest BCUT2D eigenvalue weighted by Crippen LogP contribution is 2.11. The van der Waals surface area contributed by atoms with Crippen LogP contribution in [0.2, 0.25) is 0 Å². The molecule has 0 saturated carbocycles. The van der Waals surface area contributed by atoms with Gasteiger partial charge in [0.15, 0.2) is 0 Å². The number of sulfonamides is 1. The Morgan fingerprint density at radius 2 is 1.47 bits per heavy atom. The van der Waals surface area contributed by atoms with E-state index in [9.17, 15) is 8.42 Å². The Morgan fingerprint density at radius 3 is 2.05 bits per heavy atom. The summed E-state index contributed by atoms with van der Waals surface area (Å²) in [5.41, 5.74) is 6.85. The van der Waals surface area contributed by atoms with Gasteiger partial charge in [0, 0.05) is 12.6 Å². The molecule has 0 aliphatic heterocycles. The average molecular weight is 276 g/mol. The third-order valence-corrected chi connectivity index (χ3v) is 4.21. The van der Waals surface area contributed by atoms with Gasteiger partial charge in [-0.05, 0) is 17.7 Å². The first-order chi connectivity index (χ1) is 9.09. The van der Waals surface area contributed by atoms with Crippen molar-refractivity contribution in [3.05, 3.63) is 66.2 Å². The number of hydrogen-bond donors (Lipinski definition) is 2. The van der Waals surface area contributed by atoms with E-state index < -0.39 is 10.0 Å². The molecule has 2 aromatic rings. The van der Waals surface area contributed by atoms with Crippen molar-refractivity contribution in [1.82, 2.24) is 4.72 Å². The van der Waals surface area contributed by atoms with E-state index >= 15 is 0 Å². The van der Waals surface area contributed by atoms with E-state index in [2.05, 4.69) is 4.72 Å². The first-order valence-electron chi connectivity index (χ1n) is 5.95. The summed E-state index contributed by atoms with van der Waals surface area (Å²) in [5.74, 6) is 0. The number of nitrogens with two attached hydrogens (primary N) is 1. The molecule has 0 aliphatic rings. The Kier molecular flexibility index (Phi) is 4.31. The average Bonchev–Trinajstić information content (AvgIpc) is 2.47. The Balaban J connectivity index is 2.03. The Labute approximate surface area is 113 Å². The summed E-state index contributed by atoms with van der Waals surface area (Å²) in [6.45, 7) is 0.168. The van der Waals surface area contributed by atoms with Gasteiger partial charge in [-0.3, -0.25) is 0 Å². The molecule has 0 bridgehead atoms. The molecule has 19 heavy (non-hydrogen) atoms. The summed E-state index contributed by atoms with van der Waals surface area (Å²) in [6.07, 6.45) is 0. The minimum Gasteiger partial charge on any atom is -0.323 e. The fraction of sp³-hybridized carbons (Fsp3) is 0.143. The van der Waals surface area contributed by atoms with E-state index in [1.54, 1.807) is 30.3 Å². The van der Waals surface area contributed by atoms with Crippen LogP contribution in [0, 0.1) is 0 Å². The van der Waals surface area contributed by atoms with Crippen molar-refractivity contribution in [2.45, 2.75) is 10.9 Å². The third-order valence-electron chi connectivity index (χ3n) is 2.77. The van der Waals surface area contributed by atoms with Crippen molar-refractivity contribution in [2.75, 3.05) is 6.54 Å². The van der Waals surface area contributed by atoms with Crippen molar-refractivity contribution >= 4 is 10.0 Å². The first-order valence-corrected chi connectivity index (χ1v) is 7.43. The van der Waals surface area contributed by atoms with Gasteiger partial charge in [0.2, 0.25) is 10.0 Å². The van der Waals surface area contributed by atoms with Crippen molar-refractivity contribution in [3.63, 3.8) is 0 Å². The van der Waals surface area contributed by atoms with Crippen LogP contribution in [0.25, 0.3) is 0 Å². The van der Waals surface area contributed by atoms with Gasteiger partial charge < -0.3 is 5.73 Å². The molecule has 2 rings (SSSR count). The maximum absolute atomic E-state index is 12.0. The van der Waals surface area contributed by atoms with Gasteiger partial charge in [0.1, 0.15) is 0 Å². The van der Waals surface area contributed by atoms with Gasteiger partial charge in [0.05, 0.1) is 4.90 Å². The molecule has 100 valence electrons. The van der Waals surface area contributed by atoms with Gasteiger partial charge in [0.25, 0.3) is 0 Å². The quantitative estimate of drug-likeness (QED) is 0.872. The van der Waals surface area contributed by atoms with Crippen molar-refractivity contribution in [1.29, 1.82) is 0 Å². The van der Waals surface area contributed by atoms with E-state index in [4.69, 9.17) is 5.73 Å². The molecule has 1 atom stereocenters. The van der Waals surface area contributed by atoms with Crippen LogP contribution in [0.15, 0.2) is 65.6 Å². The fourth-order valence-electron chi connectivity index (χ4n) is 1.70. The summed E-state index contributed by atoms with van der Waals surface area (Å²) < 4.78 is 26.5. The van der Waals surface area contributed by atoms with Crippen LogP contribution in [0.1, 0.15) is 11.6 Å². The summed E-state index contributed by atoms with van der Waals surface area (Å²) in [6, 6.07) is 17.3. The molecular weight excluding hydrogens is 260 g/mol. The molecule has 0 saturated heterocycles. The van der Waals surface area contributed by atoms with Gasteiger partial charge in [-0.25, -0.2) is 13.1 Å². The zero-order chi connectivity index (χ0) is 13.7. The minimum atomic E-state index is -3.49. The van der Waals surface area contributed by atoms with Gasteiger partial charge in [-0.15, -0.1) is 0 Å². The highest BCUT2D eigenvalue weighted by Gasteiger charge is 2.15. The van der Waals surface area contributed by atoms with E-state index in [0.717, 1.165) is 5.56 Å². The summed E-state index contributed by atoms with van der Waals surface area (Å²) >= 11 is 0. The number of rotatable bonds is 5. The van der Waals surface area contributed by atoms with E-state index in [0.29, 0.717) is 0 Å². The molecule has 2 aromatic carbocycles. The Morgan fingerprint density at radius 1 is 0.947 bits per heavy atom. The molecule has 0 aromatic heterocycles. The standard InChI is InChI=1S/C14H16N2O2S/c15-14(12-7-3-1-4-8-12)11-16-19(17,18)13-9-5-2-6-10-13/h1-10,14,16H,11,15H2/t14-/m1/s1. The van der Waals surface area contributed by atoms with Crippen LogP contribution in [0.3, 0.4) is 0 Å². The molecular formula is C14H16N2O2S. The van der Waals surface area contributed by atoms with Crippen LogP contribution in [-0.2, 0) is 10.0 Å². The van der Waals surface area contributed by atoms with Crippen molar-refractivity contribution < 1.29 is 8.42 Å². The number of hydrogen-bond acceptors (Lipinski definition) is 3. The largest absolute Gasteiger partial charge is 0.323 e. The second-order valence-corrected chi connectivity index (χ2v) is 5.95. The maximum atomic E-state index is 12.0. The predicted octanol–water partition coefficient (Wildman–Crippen LogP) is 1.66. The summed E-state index contributed by atoms with van der Waals surface area (Å²) in [4.78, 5) is 0.246. The lowest BCUT2D eigenvalue weighted by Gasteiger charge is -2.13. The summed E-state index contributed by atoms with van der Waals surface area (Å²) in [7, 11) is -3.49. The van der Waals surface area contributed by atoms with Crippen LogP contribution in [0.4, 0.5) is 0 Å². The predicted molar refractivity (Wildman–Crippen MR) is 75.0 cm³/mol. The zero-order valence-corrected chi connectivity index (χ0v) is 11.2. The van der Waals surface area contributed by atoms with Gasteiger partial charge >= 0.3 is 0 Å². The molecule has 3 N–H and O–H groups in total. The molecule has 0 spiro atoms. The van der Waals surface area contributed by atoms with Gasteiger partial charge in [-0.1, -0.05) is 48.5 Å². The molecule has 0 fully saturated rings. The van der Waals surface area contributed by atoms with Crippen LogP contribution in [-0.4, -0.2) is 15.0 Å². The molecule has 5 heteroatoms. The number of benzene rings is 2. The lowest BCUT2D eigenvalue weighted by molar-refractivity contribution is 0.572. The molecule has 0 radical (unpaired) electrons. The van der Waals surface area contributed by atoms with Crippen molar-refractivity contribution in [3.8, 4) is 0 Å². The third kappa shape index (κ3) is 3.64. The van der Waals surface area contributed by atoms with E-state index in [1.807, 2.05) is 30.3 Å². The highest BCUT2D eigenvalue weighted by molar-refractivity contribution is 7.89. The minimum absolute atomic E-state index is 0.168. The molecule has 0 aliphatic carbocycles. The second-order valence-electron chi connectivity index (χ2n) is 4.18. The molecule has 0 heterocycles. The fourth-order valence-corrected chi connectivity index (χ4v) is 2.78. The number of nitrogens with one attached hydrogen (secondary N) is 1. The SMILES string of the molecule is N[C@H](CNS(=O)(=O)c1ccccc1)c1ccccc1. The Bertz CT molecular complexity index is 612. The van der Waals surface area contributed by atoms with Crippen LogP contribution in [0.5, 0.6) is 0 Å². The first kappa shape index (κ1) is 13.7. The topological polar surface area (TPSA) is 72.2 Å². The Hall–Kier alpha value is -1.69. The van der Waals surface area contributed by atoms with E-state index in [-0.39, 0.29) is 17.5 Å². The summed E-state index contributed by atoms with van der Waals surface area (Å²) in [5, 5.41) is 0. The zero-order valence-electron chi connectivity index (χ0n) is 10.4. The molecule has 0 amide bonds. The smallest absolute Gasteiger partial charge is 0.240 e. The maximum Gasteiger partial charge on any atom is 0.240 e. The lowest BCUT2D eigenvalue weighted by atomic mass is 10.1. The second kappa shape index (κ2) is 5.97. The van der Waals surface area contributed by atoms with E-state index in [1.165, 1.54) is 0 Å². The monoisotopic (exact) mass is 276 g/mol. The molecule has 0 unspecified atom stereocenters. The van der Waals surface area contributed by atoms with Crippen LogP contribution >= 0.6 is 0 Å². The molecule has 4 nitrogen and oxygen atoms in total. The van der Waals surface area contributed by atoms with Gasteiger partial charge in [-0.2, -0.15) is 0 Å². The lowest BCUT2D eigenvalue weighted by Crippen LogP contribution is -2.31.